The molecule has 0 radical (unpaired) electrons. The van der Waals surface area contributed by atoms with E-state index in [-0.39, 0.29) is 17.6 Å². The summed E-state index contributed by atoms with van der Waals surface area (Å²) < 4.78 is 32.2. The van der Waals surface area contributed by atoms with E-state index in [1.165, 1.54) is 12.3 Å². The molecule has 1 aliphatic heterocycles. The quantitative estimate of drug-likeness (QED) is 0.846. The van der Waals surface area contributed by atoms with E-state index in [1.807, 2.05) is 0 Å². The Balaban J connectivity index is 1.69. The predicted molar refractivity (Wildman–Crippen MR) is 85.2 cm³/mol. The summed E-state index contributed by atoms with van der Waals surface area (Å²) in [4.78, 5) is 17.9. The molecule has 2 aromatic rings. The van der Waals surface area contributed by atoms with Crippen LogP contribution in [0.25, 0.3) is 0 Å². The van der Waals surface area contributed by atoms with Gasteiger partial charge in [-0.15, -0.1) is 0 Å². The fourth-order valence-corrected chi connectivity index (χ4v) is 2.83. The fourth-order valence-electron chi connectivity index (χ4n) is 2.67. The largest absolute Gasteiger partial charge is 0.487 e. The minimum atomic E-state index is -1.03. The highest BCUT2D eigenvalue weighted by Crippen LogP contribution is 2.26. The van der Waals surface area contributed by atoms with Crippen molar-refractivity contribution in [2.75, 3.05) is 13.1 Å². The molecular formula is C17H15ClF2N2O2. The number of carbonyl (C=O) groups excluding carboxylic acids is 1. The lowest BCUT2D eigenvalue weighted by Crippen LogP contribution is -2.44. The van der Waals surface area contributed by atoms with Crippen LogP contribution in [0, 0.1) is 11.6 Å². The lowest BCUT2D eigenvalue weighted by atomic mass is 10.1. The van der Waals surface area contributed by atoms with E-state index in [1.54, 1.807) is 17.2 Å². The van der Waals surface area contributed by atoms with Gasteiger partial charge >= 0.3 is 0 Å². The Morgan fingerprint density at radius 2 is 2.12 bits per heavy atom. The van der Waals surface area contributed by atoms with Crippen molar-refractivity contribution < 1.29 is 18.3 Å². The minimum Gasteiger partial charge on any atom is -0.487 e. The topological polar surface area (TPSA) is 42.4 Å². The van der Waals surface area contributed by atoms with Crippen molar-refractivity contribution in [3.05, 3.63) is 58.9 Å². The van der Waals surface area contributed by atoms with Crippen molar-refractivity contribution in [1.29, 1.82) is 0 Å². The van der Waals surface area contributed by atoms with Gasteiger partial charge in [-0.05, 0) is 31.0 Å². The van der Waals surface area contributed by atoms with Crippen molar-refractivity contribution in [3.63, 3.8) is 0 Å². The number of rotatable bonds is 3. The zero-order valence-electron chi connectivity index (χ0n) is 12.7. The lowest BCUT2D eigenvalue weighted by Gasteiger charge is -2.33. The number of hydrogen-bond donors (Lipinski definition) is 0. The van der Waals surface area contributed by atoms with Gasteiger partial charge < -0.3 is 9.64 Å². The number of carbonyl (C=O) groups is 1. The maximum atomic E-state index is 13.3. The first-order valence-electron chi connectivity index (χ1n) is 7.55. The molecule has 7 heteroatoms. The molecule has 126 valence electrons. The van der Waals surface area contributed by atoms with E-state index >= 15 is 0 Å². The lowest BCUT2D eigenvalue weighted by molar-refractivity contribution is 0.0537. The van der Waals surface area contributed by atoms with Gasteiger partial charge in [0.2, 0.25) is 0 Å². The maximum absolute atomic E-state index is 13.3. The zero-order valence-corrected chi connectivity index (χ0v) is 13.5. The number of pyridine rings is 1. The second kappa shape index (κ2) is 7.13. The molecule has 1 fully saturated rings. The highest BCUT2D eigenvalue weighted by Gasteiger charge is 2.26. The first kappa shape index (κ1) is 16.6. The summed E-state index contributed by atoms with van der Waals surface area (Å²) in [5, 5.41) is 0.404. The molecular weight excluding hydrogens is 338 g/mol. The van der Waals surface area contributed by atoms with E-state index in [0.29, 0.717) is 23.9 Å². The third kappa shape index (κ3) is 3.64. The van der Waals surface area contributed by atoms with Crippen LogP contribution in [0.4, 0.5) is 8.78 Å². The van der Waals surface area contributed by atoms with Gasteiger partial charge in [0.25, 0.3) is 5.91 Å². The number of likely N-dealkylation sites (tertiary alicyclic amines) is 1. The Morgan fingerprint density at radius 3 is 2.88 bits per heavy atom. The molecule has 3 rings (SSSR count). The number of benzene rings is 1. The number of aromatic nitrogens is 1. The fraction of sp³-hybridized carbons (Fsp3) is 0.294. The minimum absolute atomic E-state index is 0.122. The number of halogens is 3. The van der Waals surface area contributed by atoms with Gasteiger partial charge in [0.15, 0.2) is 11.6 Å². The third-order valence-electron chi connectivity index (χ3n) is 3.86. The zero-order chi connectivity index (χ0) is 17.1. The molecule has 24 heavy (non-hydrogen) atoms. The normalized spacial score (nSPS) is 17.6. The molecule has 1 amide bonds. The molecule has 0 N–H and O–H groups in total. The van der Waals surface area contributed by atoms with Crippen LogP contribution in [0.3, 0.4) is 0 Å². The summed E-state index contributed by atoms with van der Waals surface area (Å²) >= 11 is 6.03. The molecule has 4 nitrogen and oxygen atoms in total. The van der Waals surface area contributed by atoms with Crippen molar-refractivity contribution in [3.8, 4) is 5.75 Å². The van der Waals surface area contributed by atoms with Gasteiger partial charge in [0.05, 0.1) is 6.54 Å². The van der Waals surface area contributed by atoms with E-state index in [4.69, 9.17) is 16.3 Å². The Bertz CT molecular complexity index is 757. The highest BCUT2D eigenvalue weighted by molar-refractivity contribution is 6.31. The van der Waals surface area contributed by atoms with Crippen LogP contribution in [0.1, 0.15) is 23.2 Å². The SMILES string of the molecule is O=C(c1ccc(F)c(F)c1)N1CCCC(Oc2ccncc2Cl)C1. The van der Waals surface area contributed by atoms with E-state index < -0.39 is 11.6 Å². The second-order valence-electron chi connectivity index (χ2n) is 5.57. The van der Waals surface area contributed by atoms with Gasteiger partial charge in [0.1, 0.15) is 16.9 Å². The molecule has 1 unspecified atom stereocenters. The smallest absolute Gasteiger partial charge is 0.254 e. The van der Waals surface area contributed by atoms with Crippen LogP contribution in [0.15, 0.2) is 36.7 Å². The van der Waals surface area contributed by atoms with Gasteiger partial charge in [-0.3, -0.25) is 9.78 Å². The van der Waals surface area contributed by atoms with Gasteiger partial charge in [-0.1, -0.05) is 11.6 Å². The van der Waals surface area contributed by atoms with E-state index in [2.05, 4.69) is 4.98 Å². The monoisotopic (exact) mass is 352 g/mol. The maximum Gasteiger partial charge on any atom is 0.254 e. The Kier molecular flexibility index (Phi) is 4.94. The van der Waals surface area contributed by atoms with Gasteiger partial charge in [-0.2, -0.15) is 0 Å². The number of piperidine rings is 1. The molecule has 2 heterocycles. The van der Waals surface area contributed by atoms with Crippen LogP contribution in [-0.4, -0.2) is 35.0 Å². The average molecular weight is 353 g/mol. The molecule has 0 saturated carbocycles. The summed E-state index contributed by atoms with van der Waals surface area (Å²) in [7, 11) is 0. The standard InChI is InChI=1S/C17H15ClF2N2O2/c18-13-9-21-6-5-16(13)24-12-2-1-7-22(10-12)17(23)11-3-4-14(19)15(20)8-11/h3-6,8-9,12H,1-2,7,10H2. The number of ether oxygens (including phenoxy) is 1. The van der Waals surface area contributed by atoms with Crippen molar-refractivity contribution in [2.24, 2.45) is 0 Å². The highest BCUT2D eigenvalue weighted by atomic mass is 35.5. The van der Waals surface area contributed by atoms with Crippen LogP contribution < -0.4 is 4.74 Å². The Hall–Kier alpha value is -2.21. The molecule has 1 saturated heterocycles. The van der Waals surface area contributed by atoms with Crippen molar-refractivity contribution in [1.82, 2.24) is 9.88 Å². The number of hydrogen-bond acceptors (Lipinski definition) is 3. The van der Waals surface area contributed by atoms with Crippen LogP contribution in [0.5, 0.6) is 5.75 Å². The predicted octanol–water partition coefficient (Wildman–Crippen LogP) is 3.70. The average Bonchev–Trinajstić information content (AvgIpc) is 2.59. The molecule has 1 aliphatic rings. The molecule has 1 atom stereocenters. The Morgan fingerprint density at radius 1 is 1.29 bits per heavy atom. The first-order chi connectivity index (χ1) is 11.5. The molecule has 1 aromatic heterocycles. The van der Waals surface area contributed by atoms with Crippen LogP contribution in [0.2, 0.25) is 5.02 Å². The number of amides is 1. The second-order valence-corrected chi connectivity index (χ2v) is 5.98. The molecule has 0 bridgehead atoms. The number of nitrogens with zero attached hydrogens (tertiary/aromatic N) is 2. The van der Waals surface area contributed by atoms with Gasteiger partial charge in [-0.25, -0.2) is 8.78 Å². The summed E-state index contributed by atoms with van der Waals surface area (Å²) in [6, 6.07) is 4.82. The third-order valence-corrected chi connectivity index (χ3v) is 4.14. The van der Waals surface area contributed by atoms with E-state index in [0.717, 1.165) is 25.0 Å². The van der Waals surface area contributed by atoms with Crippen LogP contribution in [-0.2, 0) is 0 Å². The van der Waals surface area contributed by atoms with Crippen molar-refractivity contribution >= 4 is 17.5 Å². The first-order valence-corrected chi connectivity index (χ1v) is 7.93. The Labute approximate surface area is 143 Å². The summed E-state index contributed by atoms with van der Waals surface area (Å²) in [6.45, 7) is 0.901. The molecule has 1 aromatic carbocycles. The van der Waals surface area contributed by atoms with Crippen molar-refractivity contribution in [2.45, 2.75) is 18.9 Å². The molecule has 0 aliphatic carbocycles. The molecule has 0 spiro atoms. The summed E-state index contributed by atoms with van der Waals surface area (Å²) in [5.41, 5.74) is 0.122. The summed E-state index contributed by atoms with van der Waals surface area (Å²) in [6.07, 6.45) is 4.38. The summed E-state index contributed by atoms with van der Waals surface area (Å²) in [5.74, 6) is -1.84. The van der Waals surface area contributed by atoms with Gasteiger partial charge in [0, 0.05) is 30.6 Å². The van der Waals surface area contributed by atoms with E-state index in [9.17, 15) is 13.6 Å². The van der Waals surface area contributed by atoms with Crippen LogP contribution >= 0.6 is 11.6 Å².